The molecule has 1 aliphatic heterocycles. The molecule has 8 nitrogen and oxygen atoms in total. The van der Waals surface area contributed by atoms with Crippen molar-refractivity contribution in [3.63, 3.8) is 0 Å². The van der Waals surface area contributed by atoms with Gasteiger partial charge in [-0.15, -0.1) is 0 Å². The lowest BCUT2D eigenvalue weighted by Gasteiger charge is -2.22. The third-order valence-corrected chi connectivity index (χ3v) is 2.84. The van der Waals surface area contributed by atoms with Crippen molar-refractivity contribution in [2.45, 2.75) is 39.2 Å². The van der Waals surface area contributed by atoms with Gasteiger partial charge in [0.15, 0.2) is 0 Å². The van der Waals surface area contributed by atoms with E-state index in [1.165, 1.54) is 6.08 Å². The van der Waals surface area contributed by atoms with Crippen molar-refractivity contribution >= 4 is 23.8 Å². The number of carbonyl (C=O) groups is 4. The third-order valence-electron chi connectivity index (χ3n) is 2.84. The first-order valence-electron chi connectivity index (χ1n) is 7.08. The van der Waals surface area contributed by atoms with Crippen molar-refractivity contribution in [3.8, 4) is 0 Å². The second kappa shape index (κ2) is 8.81. The van der Waals surface area contributed by atoms with Crippen LogP contribution in [0, 0.1) is 0 Å². The van der Waals surface area contributed by atoms with Gasteiger partial charge in [0.1, 0.15) is 0 Å². The largest absolute Gasteiger partial charge is 0.466 e. The summed E-state index contributed by atoms with van der Waals surface area (Å²) < 4.78 is 9.50. The highest BCUT2D eigenvalue weighted by Crippen LogP contribution is 2.16. The number of hydrogen-bond acceptors (Lipinski definition) is 6. The van der Waals surface area contributed by atoms with Gasteiger partial charge in [0, 0.05) is 12.5 Å². The average Bonchev–Trinajstić information content (AvgIpc) is 2.80. The summed E-state index contributed by atoms with van der Waals surface area (Å²) in [6.45, 7) is 3.85. The van der Waals surface area contributed by atoms with Crippen LogP contribution in [0.1, 0.15) is 33.1 Å². The standard InChI is InChI=1S/C14H20N2O6/c1-3-21-13(19)7-5-6-12(18)16-10(8-11(17)15-16)9-14(20)22-4-2/h5,7,10H,3-4,6,8-9H2,1-2H3,(H,15,17)/b7-5+. The Bertz CT molecular complexity index is 474. The van der Waals surface area contributed by atoms with Crippen molar-refractivity contribution in [2.75, 3.05) is 13.2 Å². The van der Waals surface area contributed by atoms with Gasteiger partial charge in [-0.2, -0.15) is 0 Å². The summed E-state index contributed by atoms with van der Waals surface area (Å²) in [4.78, 5) is 46.1. The Morgan fingerprint density at radius 2 is 1.95 bits per heavy atom. The van der Waals surface area contributed by atoms with Gasteiger partial charge in [0.2, 0.25) is 11.8 Å². The Kier molecular flexibility index (Phi) is 7.07. The molecular weight excluding hydrogens is 292 g/mol. The van der Waals surface area contributed by atoms with Crippen LogP contribution in [0.5, 0.6) is 0 Å². The SMILES string of the molecule is CCOC(=O)/C=C/CC(=O)N1NC(=O)CC1CC(=O)OCC. The maximum absolute atomic E-state index is 12.0. The molecule has 0 aliphatic carbocycles. The highest BCUT2D eigenvalue weighted by Gasteiger charge is 2.35. The molecule has 8 heteroatoms. The molecule has 2 amide bonds. The van der Waals surface area contributed by atoms with Crippen LogP contribution < -0.4 is 5.43 Å². The summed E-state index contributed by atoms with van der Waals surface area (Å²) in [5.74, 6) is -1.76. The molecule has 1 unspecified atom stereocenters. The number of hydrazine groups is 1. The molecule has 0 saturated carbocycles. The van der Waals surface area contributed by atoms with Crippen LogP contribution in [-0.4, -0.2) is 48.0 Å². The van der Waals surface area contributed by atoms with Crippen molar-refractivity contribution in [3.05, 3.63) is 12.2 Å². The second-order valence-electron chi connectivity index (χ2n) is 4.52. The van der Waals surface area contributed by atoms with E-state index in [9.17, 15) is 19.2 Å². The molecule has 1 rings (SSSR count). The molecule has 1 aliphatic rings. The van der Waals surface area contributed by atoms with Crippen LogP contribution in [0.4, 0.5) is 0 Å². The Balaban J connectivity index is 2.55. The summed E-state index contributed by atoms with van der Waals surface area (Å²) in [5.41, 5.74) is 2.40. The first kappa shape index (κ1) is 17.7. The Hall–Kier alpha value is -2.38. The van der Waals surface area contributed by atoms with E-state index in [0.717, 1.165) is 11.1 Å². The number of hydrogen-bond donors (Lipinski definition) is 1. The number of carbonyl (C=O) groups excluding carboxylic acids is 4. The van der Waals surface area contributed by atoms with Crippen molar-refractivity contribution in [2.24, 2.45) is 0 Å². The number of amides is 2. The van der Waals surface area contributed by atoms with Crippen LogP contribution in [0.2, 0.25) is 0 Å². The molecule has 0 radical (unpaired) electrons. The molecular formula is C14H20N2O6. The van der Waals surface area contributed by atoms with E-state index >= 15 is 0 Å². The average molecular weight is 312 g/mol. The number of nitrogens with one attached hydrogen (secondary N) is 1. The highest BCUT2D eigenvalue weighted by molar-refractivity contribution is 5.89. The zero-order valence-electron chi connectivity index (χ0n) is 12.7. The van der Waals surface area contributed by atoms with E-state index in [1.54, 1.807) is 13.8 Å². The van der Waals surface area contributed by atoms with Crippen LogP contribution in [0.25, 0.3) is 0 Å². The fraction of sp³-hybridized carbons (Fsp3) is 0.571. The van der Waals surface area contributed by atoms with Crippen LogP contribution in [0.15, 0.2) is 12.2 Å². The smallest absolute Gasteiger partial charge is 0.330 e. The molecule has 122 valence electrons. The molecule has 1 atom stereocenters. The van der Waals surface area contributed by atoms with E-state index < -0.39 is 23.9 Å². The zero-order valence-corrected chi connectivity index (χ0v) is 12.7. The third kappa shape index (κ3) is 5.55. The van der Waals surface area contributed by atoms with Gasteiger partial charge in [-0.3, -0.25) is 19.8 Å². The van der Waals surface area contributed by atoms with Gasteiger partial charge in [-0.25, -0.2) is 9.80 Å². The topological polar surface area (TPSA) is 102 Å². The lowest BCUT2D eigenvalue weighted by Crippen LogP contribution is -2.43. The van der Waals surface area contributed by atoms with Gasteiger partial charge in [-0.05, 0) is 13.8 Å². The summed E-state index contributed by atoms with van der Waals surface area (Å²) in [5, 5.41) is 1.12. The number of ether oxygens (including phenoxy) is 2. The summed E-state index contributed by atoms with van der Waals surface area (Å²) in [6, 6.07) is -0.574. The maximum Gasteiger partial charge on any atom is 0.330 e. The minimum atomic E-state index is -0.574. The highest BCUT2D eigenvalue weighted by atomic mass is 16.5. The van der Waals surface area contributed by atoms with Crippen molar-refractivity contribution in [1.82, 2.24) is 10.4 Å². The minimum absolute atomic E-state index is 0.0478. The molecule has 1 N–H and O–H groups in total. The van der Waals surface area contributed by atoms with Gasteiger partial charge in [0.05, 0.1) is 32.1 Å². The van der Waals surface area contributed by atoms with E-state index in [0.29, 0.717) is 0 Å². The quantitative estimate of drug-likeness (QED) is 0.527. The number of nitrogens with zero attached hydrogens (tertiary/aromatic N) is 1. The summed E-state index contributed by atoms with van der Waals surface area (Å²) in [7, 11) is 0. The van der Waals surface area contributed by atoms with Crippen molar-refractivity contribution in [1.29, 1.82) is 0 Å². The molecule has 0 aromatic rings. The predicted octanol–water partition coefficient (Wildman–Crippen LogP) is 0.0811. The molecule has 0 aromatic heterocycles. The minimum Gasteiger partial charge on any atom is -0.466 e. The molecule has 1 saturated heterocycles. The van der Waals surface area contributed by atoms with Gasteiger partial charge in [-0.1, -0.05) is 6.08 Å². The van der Waals surface area contributed by atoms with E-state index in [2.05, 4.69) is 10.2 Å². The molecule has 22 heavy (non-hydrogen) atoms. The Labute approximate surface area is 128 Å². The lowest BCUT2D eigenvalue weighted by molar-refractivity contribution is -0.146. The Morgan fingerprint density at radius 1 is 1.27 bits per heavy atom. The lowest BCUT2D eigenvalue weighted by atomic mass is 10.1. The van der Waals surface area contributed by atoms with E-state index in [4.69, 9.17) is 4.74 Å². The van der Waals surface area contributed by atoms with Crippen LogP contribution in [0.3, 0.4) is 0 Å². The molecule has 0 spiro atoms. The van der Waals surface area contributed by atoms with E-state index in [1.807, 2.05) is 0 Å². The van der Waals surface area contributed by atoms with Crippen LogP contribution >= 0.6 is 0 Å². The van der Waals surface area contributed by atoms with Crippen molar-refractivity contribution < 1.29 is 28.7 Å². The molecule has 1 heterocycles. The van der Waals surface area contributed by atoms with Gasteiger partial charge >= 0.3 is 11.9 Å². The molecule has 0 bridgehead atoms. The molecule has 1 fully saturated rings. The fourth-order valence-corrected chi connectivity index (χ4v) is 1.96. The first-order chi connectivity index (χ1) is 10.5. The number of esters is 2. The van der Waals surface area contributed by atoms with E-state index in [-0.39, 0.29) is 38.4 Å². The van der Waals surface area contributed by atoms with Gasteiger partial charge in [0.25, 0.3) is 0 Å². The summed E-state index contributed by atoms with van der Waals surface area (Å²) in [6.07, 6.45) is 2.41. The number of rotatable bonds is 7. The van der Waals surface area contributed by atoms with Crippen LogP contribution in [-0.2, 0) is 28.7 Å². The monoisotopic (exact) mass is 312 g/mol. The van der Waals surface area contributed by atoms with Gasteiger partial charge < -0.3 is 9.47 Å². The normalized spacial score (nSPS) is 17.5. The Morgan fingerprint density at radius 3 is 2.59 bits per heavy atom. The zero-order chi connectivity index (χ0) is 16.5. The maximum atomic E-state index is 12.0. The molecule has 0 aromatic carbocycles. The second-order valence-corrected chi connectivity index (χ2v) is 4.52. The predicted molar refractivity (Wildman–Crippen MR) is 75.0 cm³/mol. The summed E-state index contributed by atoms with van der Waals surface area (Å²) >= 11 is 0. The fourth-order valence-electron chi connectivity index (χ4n) is 1.96. The first-order valence-corrected chi connectivity index (χ1v) is 7.08.